The third-order valence-corrected chi connectivity index (χ3v) is 4.68. The van der Waals surface area contributed by atoms with Gasteiger partial charge in [0.05, 0.1) is 0 Å². The molecule has 0 saturated heterocycles. The van der Waals surface area contributed by atoms with Crippen LogP contribution in [0.15, 0.2) is 53.0 Å². The fourth-order valence-corrected chi connectivity index (χ4v) is 3.47. The number of benzene rings is 2. The molecule has 2 aromatic rings. The van der Waals surface area contributed by atoms with E-state index in [2.05, 4.69) is 76.7 Å². The van der Waals surface area contributed by atoms with Crippen LogP contribution >= 0.6 is 15.9 Å². The summed E-state index contributed by atoms with van der Waals surface area (Å²) in [5.74, 6) is 0. The normalized spacial score (nSPS) is 19.4. The number of aryl methyl sites for hydroxylation is 1. The Morgan fingerprint density at radius 2 is 1.90 bits per heavy atom. The van der Waals surface area contributed by atoms with Gasteiger partial charge in [-0.05, 0) is 55.0 Å². The lowest BCUT2D eigenvalue weighted by atomic mass is 9.88. The van der Waals surface area contributed by atoms with E-state index in [0.717, 1.165) is 6.42 Å². The Balaban J connectivity index is 1.67. The predicted octanol–water partition coefficient (Wildman–Crippen LogP) is 4.66. The highest BCUT2D eigenvalue weighted by Crippen LogP contribution is 2.26. The van der Waals surface area contributed by atoms with Crippen LogP contribution in [0.3, 0.4) is 0 Å². The molecule has 0 aromatic heterocycles. The van der Waals surface area contributed by atoms with Gasteiger partial charge >= 0.3 is 0 Å². The minimum Gasteiger partial charge on any atom is -0.307 e. The largest absolute Gasteiger partial charge is 0.307 e. The molecule has 20 heavy (non-hydrogen) atoms. The van der Waals surface area contributed by atoms with E-state index in [1.54, 1.807) is 0 Å². The second-order valence-corrected chi connectivity index (χ2v) is 6.57. The Morgan fingerprint density at radius 1 is 1.10 bits per heavy atom. The number of hydrogen-bond acceptors (Lipinski definition) is 1. The standard InChI is InChI=1S/C18H20BrN/c1-13(14-5-3-2-4-6-14)20-18-10-8-15-11-17(19)9-7-16(15)12-18/h2-7,9,11,13,18,20H,8,10,12H2,1H3/t13-,18?/m1/s1. The van der Waals surface area contributed by atoms with Gasteiger partial charge in [0.15, 0.2) is 0 Å². The van der Waals surface area contributed by atoms with E-state index in [-0.39, 0.29) is 0 Å². The monoisotopic (exact) mass is 329 g/mol. The fourth-order valence-electron chi connectivity index (χ4n) is 3.06. The van der Waals surface area contributed by atoms with Crippen LogP contribution in [-0.4, -0.2) is 6.04 Å². The first-order chi connectivity index (χ1) is 9.72. The van der Waals surface area contributed by atoms with E-state index in [9.17, 15) is 0 Å². The van der Waals surface area contributed by atoms with Gasteiger partial charge in [-0.2, -0.15) is 0 Å². The van der Waals surface area contributed by atoms with Crippen molar-refractivity contribution in [2.75, 3.05) is 0 Å². The maximum absolute atomic E-state index is 3.78. The highest BCUT2D eigenvalue weighted by molar-refractivity contribution is 9.10. The summed E-state index contributed by atoms with van der Waals surface area (Å²) >= 11 is 3.56. The summed E-state index contributed by atoms with van der Waals surface area (Å²) < 4.78 is 1.19. The molecule has 2 aromatic carbocycles. The number of halogens is 1. The molecular formula is C18H20BrN. The molecule has 0 heterocycles. The summed E-state index contributed by atoms with van der Waals surface area (Å²) in [4.78, 5) is 0. The summed E-state index contributed by atoms with van der Waals surface area (Å²) in [6, 6.07) is 18.4. The van der Waals surface area contributed by atoms with Crippen molar-refractivity contribution in [3.8, 4) is 0 Å². The lowest BCUT2D eigenvalue weighted by molar-refractivity contribution is 0.413. The minimum absolute atomic E-state index is 0.415. The molecule has 0 saturated carbocycles. The van der Waals surface area contributed by atoms with Crippen molar-refractivity contribution in [2.45, 2.75) is 38.3 Å². The molecule has 1 aliphatic rings. The lowest BCUT2D eigenvalue weighted by Gasteiger charge is -2.28. The lowest BCUT2D eigenvalue weighted by Crippen LogP contribution is -2.36. The Morgan fingerprint density at radius 3 is 2.70 bits per heavy atom. The van der Waals surface area contributed by atoms with Crippen molar-refractivity contribution in [2.24, 2.45) is 0 Å². The molecule has 1 nitrogen and oxygen atoms in total. The Labute approximate surface area is 129 Å². The van der Waals surface area contributed by atoms with Crippen molar-refractivity contribution < 1.29 is 0 Å². The Kier molecular flexibility index (Phi) is 4.23. The van der Waals surface area contributed by atoms with E-state index in [0.29, 0.717) is 12.1 Å². The van der Waals surface area contributed by atoms with Crippen LogP contribution in [-0.2, 0) is 12.8 Å². The quantitative estimate of drug-likeness (QED) is 0.863. The van der Waals surface area contributed by atoms with Gasteiger partial charge in [-0.25, -0.2) is 0 Å². The van der Waals surface area contributed by atoms with Crippen LogP contribution in [0.4, 0.5) is 0 Å². The van der Waals surface area contributed by atoms with Crippen LogP contribution in [0.25, 0.3) is 0 Å². The highest BCUT2D eigenvalue weighted by Gasteiger charge is 2.20. The maximum Gasteiger partial charge on any atom is 0.0294 e. The van der Waals surface area contributed by atoms with E-state index in [1.807, 2.05) is 0 Å². The summed E-state index contributed by atoms with van der Waals surface area (Å²) in [5, 5.41) is 3.78. The molecule has 1 unspecified atom stereocenters. The van der Waals surface area contributed by atoms with Gasteiger partial charge in [0.1, 0.15) is 0 Å². The van der Waals surface area contributed by atoms with Gasteiger partial charge in [0.25, 0.3) is 0 Å². The van der Waals surface area contributed by atoms with Crippen molar-refractivity contribution in [3.63, 3.8) is 0 Å². The third kappa shape index (κ3) is 3.13. The van der Waals surface area contributed by atoms with Crippen molar-refractivity contribution in [1.82, 2.24) is 5.32 Å². The molecule has 2 atom stereocenters. The second kappa shape index (κ2) is 6.11. The predicted molar refractivity (Wildman–Crippen MR) is 87.9 cm³/mol. The molecule has 1 aliphatic carbocycles. The van der Waals surface area contributed by atoms with Gasteiger partial charge in [0, 0.05) is 16.6 Å². The van der Waals surface area contributed by atoms with Crippen LogP contribution in [0, 0.1) is 0 Å². The van der Waals surface area contributed by atoms with Crippen LogP contribution in [0.1, 0.15) is 36.1 Å². The number of hydrogen-bond donors (Lipinski definition) is 1. The molecule has 104 valence electrons. The topological polar surface area (TPSA) is 12.0 Å². The maximum atomic E-state index is 3.78. The fraction of sp³-hybridized carbons (Fsp3) is 0.333. The van der Waals surface area contributed by atoms with E-state index in [1.165, 1.54) is 34.0 Å². The molecule has 0 aliphatic heterocycles. The van der Waals surface area contributed by atoms with Crippen molar-refractivity contribution in [3.05, 3.63) is 69.7 Å². The molecule has 3 rings (SSSR count). The smallest absolute Gasteiger partial charge is 0.0294 e. The Bertz CT molecular complexity index is 579. The number of nitrogens with one attached hydrogen (secondary N) is 1. The molecule has 2 heteroatoms. The molecule has 0 fully saturated rings. The Hall–Kier alpha value is -1.12. The van der Waals surface area contributed by atoms with E-state index >= 15 is 0 Å². The average molecular weight is 330 g/mol. The second-order valence-electron chi connectivity index (χ2n) is 5.65. The van der Waals surface area contributed by atoms with Crippen LogP contribution < -0.4 is 5.32 Å². The first-order valence-corrected chi connectivity index (χ1v) is 8.10. The third-order valence-electron chi connectivity index (χ3n) is 4.18. The average Bonchev–Trinajstić information content (AvgIpc) is 2.48. The zero-order valence-corrected chi connectivity index (χ0v) is 13.4. The summed E-state index contributed by atoms with van der Waals surface area (Å²) in [6.45, 7) is 2.26. The zero-order valence-electron chi connectivity index (χ0n) is 11.8. The van der Waals surface area contributed by atoms with Gasteiger partial charge < -0.3 is 5.32 Å². The summed E-state index contributed by atoms with van der Waals surface area (Å²) in [6.07, 6.45) is 3.54. The molecule has 0 bridgehead atoms. The van der Waals surface area contributed by atoms with Gasteiger partial charge in [0.2, 0.25) is 0 Å². The molecular weight excluding hydrogens is 310 g/mol. The van der Waals surface area contributed by atoms with E-state index in [4.69, 9.17) is 0 Å². The molecule has 1 N–H and O–H groups in total. The van der Waals surface area contributed by atoms with Crippen LogP contribution in [0.5, 0.6) is 0 Å². The van der Waals surface area contributed by atoms with Gasteiger partial charge in [-0.3, -0.25) is 0 Å². The number of fused-ring (bicyclic) bond motifs is 1. The molecule has 0 amide bonds. The van der Waals surface area contributed by atoms with Gasteiger partial charge in [-0.1, -0.05) is 52.3 Å². The first kappa shape index (κ1) is 13.8. The minimum atomic E-state index is 0.415. The van der Waals surface area contributed by atoms with Gasteiger partial charge in [-0.15, -0.1) is 0 Å². The van der Waals surface area contributed by atoms with Crippen molar-refractivity contribution in [1.29, 1.82) is 0 Å². The number of rotatable bonds is 3. The van der Waals surface area contributed by atoms with Crippen LogP contribution in [0.2, 0.25) is 0 Å². The first-order valence-electron chi connectivity index (χ1n) is 7.30. The summed E-state index contributed by atoms with van der Waals surface area (Å²) in [5.41, 5.74) is 4.37. The molecule has 0 spiro atoms. The zero-order chi connectivity index (χ0) is 13.9. The SMILES string of the molecule is C[C@@H](NC1CCc2cc(Br)ccc2C1)c1ccccc1. The van der Waals surface area contributed by atoms with Crippen molar-refractivity contribution >= 4 is 15.9 Å². The summed E-state index contributed by atoms with van der Waals surface area (Å²) in [7, 11) is 0. The van der Waals surface area contributed by atoms with E-state index < -0.39 is 0 Å². The molecule has 0 radical (unpaired) electrons. The highest BCUT2D eigenvalue weighted by atomic mass is 79.9.